The van der Waals surface area contributed by atoms with Crippen molar-refractivity contribution in [1.82, 2.24) is 4.90 Å². The Morgan fingerprint density at radius 3 is 2.65 bits per heavy atom. The zero-order valence-electron chi connectivity index (χ0n) is 11.4. The molecule has 1 aliphatic heterocycles. The molecule has 3 rings (SSSR count). The molecule has 2 aromatic rings. The van der Waals surface area contributed by atoms with Crippen LogP contribution in [0.1, 0.15) is 36.1 Å². The van der Waals surface area contributed by atoms with Crippen LogP contribution in [0.5, 0.6) is 0 Å². The van der Waals surface area contributed by atoms with Gasteiger partial charge in [0.15, 0.2) is 0 Å². The number of hydrogen-bond donors (Lipinski definition) is 1. The summed E-state index contributed by atoms with van der Waals surface area (Å²) in [6.45, 7) is 2.80. The van der Waals surface area contributed by atoms with Gasteiger partial charge in [0.05, 0.1) is 6.04 Å². The average Bonchev–Trinajstić information content (AvgIpc) is 2.78. The molecule has 0 aromatic heterocycles. The van der Waals surface area contributed by atoms with E-state index >= 15 is 0 Å². The minimum atomic E-state index is -0.275. The molecule has 20 heavy (non-hydrogen) atoms. The van der Waals surface area contributed by atoms with E-state index in [9.17, 15) is 4.39 Å². The second-order valence-electron chi connectivity index (χ2n) is 5.11. The maximum absolute atomic E-state index is 13.4. The Hall–Kier alpha value is -2.16. The van der Waals surface area contributed by atoms with Crippen molar-refractivity contribution in [3.63, 3.8) is 0 Å². The summed E-state index contributed by atoms with van der Waals surface area (Å²) in [4.78, 5) is 2.06. The van der Waals surface area contributed by atoms with Gasteiger partial charge in [0, 0.05) is 12.1 Å². The molecule has 0 spiro atoms. The Kier molecular flexibility index (Phi) is 3.26. The highest BCUT2D eigenvalue weighted by Crippen LogP contribution is 2.33. The van der Waals surface area contributed by atoms with E-state index in [0.29, 0.717) is 12.4 Å². The number of nitrogens with zero attached hydrogens (tertiary/aromatic N) is 1. The van der Waals surface area contributed by atoms with Crippen LogP contribution < -0.4 is 0 Å². The fraction of sp³-hybridized carbons (Fsp3) is 0.235. The third-order valence-corrected chi connectivity index (χ3v) is 3.90. The topological polar surface area (TPSA) is 27.1 Å². The standard InChI is InChI=1S/C17H17FN2/c1-2-16(12-6-4-3-5-7-12)20-11-13-8-9-14(18)10-15(13)17(20)19/h3-10,16,19H,2,11H2,1H3. The van der Waals surface area contributed by atoms with Crippen LogP contribution in [-0.4, -0.2) is 10.7 Å². The summed E-state index contributed by atoms with van der Waals surface area (Å²) in [6, 6.07) is 15.1. The van der Waals surface area contributed by atoms with Gasteiger partial charge in [-0.1, -0.05) is 43.3 Å². The monoisotopic (exact) mass is 268 g/mol. The van der Waals surface area contributed by atoms with Crippen molar-refractivity contribution < 1.29 is 4.39 Å². The zero-order chi connectivity index (χ0) is 14.1. The van der Waals surface area contributed by atoms with Crippen LogP contribution in [0.4, 0.5) is 4.39 Å². The van der Waals surface area contributed by atoms with Crippen molar-refractivity contribution in [1.29, 1.82) is 5.41 Å². The van der Waals surface area contributed by atoms with Crippen molar-refractivity contribution in [2.45, 2.75) is 25.9 Å². The molecule has 1 aliphatic rings. The van der Waals surface area contributed by atoms with Gasteiger partial charge < -0.3 is 4.90 Å². The Bertz CT molecular complexity index is 637. The molecule has 0 fully saturated rings. The molecule has 2 aromatic carbocycles. The summed E-state index contributed by atoms with van der Waals surface area (Å²) in [6.07, 6.45) is 0.920. The Morgan fingerprint density at radius 2 is 1.95 bits per heavy atom. The highest BCUT2D eigenvalue weighted by atomic mass is 19.1. The molecule has 102 valence electrons. The first kappa shape index (κ1) is 12.9. The van der Waals surface area contributed by atoms with Gasteiger partial charge in [-0.2, -0.15) is 0 Å². The van der Waals surface area contributed by atoms with Crippen molar-refractivity contribution in [3.05, 3.63) is 71.0 Å². The van der Waals surface area contributed by atoms with E-state index in [-0.39, 0.29) is 11.9 Å². The maximum Gasteiger partial charge on any atom is 0.129 e. The van der Waals surface area contributed by atoms with Gasteiger partial charge in [0.2, 0.25) is 0 Å². The summed E-state index contributed by atoms with van der Waals surface area (Å²) < 4.78 is 13.4. The van der Waals surface area contributed by atoms with E-state index < -0.39 is 0 Å². The average molecular weight is 268 g/mol. The van der Waals surface area contributed by atoms with Crippen molar-refractivity contribution >= 4 is 5.84 Å². The highest BCUT2D eigenvalue weighted by molar-refractivity contribution is 6.00. The van der Waals surface area contributed by atoms with E-state index in [0.717, 1.165) is 17.5 Å². The zero-order valence-corrected chi connectivity index (χ0v) is 11.4. The predicted molar refractivity (Wildman–Crippen MR) is 78.2 cm³/mol. The van der Waals surface area contributed by atoms with Crippen LogP contribution in [0.15, 0.2) is 48.5 Å². The molecular weight excluding hydrogens is 251 g/mol. The molecule has 1 unspecified atom stereocenters. The summed E-state index contributed by atoms with van der Waals surface area (Å²) in [5.41, 5.74) is 2.96. The van der Waals surface area contributed by atoms with Crippen LogP contribution >= 0.6 is 0 Å². The lowest BCUT2D eigenvalue weighted by atomic mass is 10.0. The van der Waals surface area contributed by atoms with Crippen molar-refractivity contribution in [3.8, 4) is 0 Å². The van der Waals surface area contributed by atoms with Gasteiger partial charge >= 0.3 is 0 Å². The maximum atomic E-state index is 13.4. The summed E-state index contributed by atoms with van der Waals surface area (Å²) in [5.74, 6) is 0.151. The molecule has 0 amide bonds. The largest absolute Gasteiger partial charge is 0.345 e. The molecule has 0 radical (unpaired) electrons. The lowest BCUT2D eigenvalue weighted by Gasteiger charge is -2.29. The lowest BCUT2D eigenvalue weighted by Crippen LogP contribution is -2.28. The molecule has 1 atom stereocenters. The summed E-state index contributed by atoms with van der Waals surface area (Å²) in [7, 11) is 0. The number of hydrogen-bond acceptors (Lipinski definition) is 1. The highest BCUT2D eigenvalue weighted by Gasteiger charge is 2.30. The summed E-state index contributed by atoms with van der Waals surface area (Å²) in [5, 5.41) is 8.33. The first-order chi connectivity index (χ1) is 9.70. The number of fused-ring (bicyclic) bond motifs is 1. The molecule has 0 saturated carbocycles. The van der Waals surface area contributed by atoms with Gasteiger partial charge in [-0.25, -0.2) is 4.39 Å². The van der Waals surface area contributed by atoms with Gasteiger partial charge in [-0.15, -0.1) is 0 Å². The number of rotatable bonds is 3. The van der Waals surface area contributed by atoms with Gasteiger partial charge in [0.25, 0.3) is 0 Å². The quantitative estimate of drug-likeness (QED) is 0.890. The molecular formula is C17H17FN2. The van der Waals surface area contributed by atoms with E-state index in [4.69, 9.17) is 5.41 Å². The molecule has 0 bridgehead atoms. The first-order valence-electron chi connectivity index (χ1n) is 6.89. The second kappa shape index (κ2) is 5.08. The fourth-order valence-corrected chi connectivity index (χ4v) is 2.90. The minimum Gasteiger partial charge on any atom is -0.345 e. The molecule has 0 saturated heterocycles. The van der Waals surface area contributed by atoms with Crippen LogP contribution in [-0.2, 0) is 6.54 Å². The first-order valence-corrected chi connectivity index (χ1v) is 6.89. The minimum absolute atomic E-state index is 0.166. The number of amidine groups is 1. The number of benzene rings is 2. The summed E-state index contributed by atoms with van der Waals surface area (Å²) >= 11 is 0. The van der Waals surface area contributed by atoms with Crippen LogP contribution in [0, 0.1) is 11.2 Å². The molecule has 1 N–H and O–H groups in total. The van der Waals surface area contributed by atoms with Gasteiger partial charge in [-0.3, -0.25) is 5.41 Å². The molecule has 3 heteroatoms. The van der Waals surface area contributed by atoms with Crippen LogP contribution in [0.25, 0.3) is 0 Å². The van der Waals surface area contributed by atoms with Gasteiger partial charge in [0.1, 0.15) is 11.7 Å². The molecule has 1 heterocycles. The van der Waals surface area contributed by atoms with E-state index in [1.165, 1.54) is 17.7 Å². The van der Waals surface area contributed by atoms with E-state index in [2.05, 4.69) is 24.0 Å². The number of halogens is 1. The normalized spacial score (nSPS) is 15.3. The molecule has 2 nitrogen and oxygen atoms in total. The smallest absolute Gasteiger partial charge is 0.129 e. The second-order valence-corrected chi connectivity index (χ2v) is 5.11. The number of nitrogens with one attached hydrogen (secondary N) is 1. The SMILES string of the molecule is CCC(c1ccccc1)N1Cc2ccc(F)cc2C1=N. The fourth-order valence-electron chi connectivity index (χ4n) is 2.90. The van der Waals surface area contributed by atoms with Crippen molar-refractivity contribution in [2.24, 2.45) is 0 Å². The third kappa shape index (κ3) is 2.09. The predicted octanol–water partition coefficient (Wildman–Crippen LogP) is 4.12. The Balaban J connectivity index is 1.95. The lowest BCUT2D eigenvalue weighted by molar-refractivity contribution is 0.311. The van der Waals surface area contributed by atoms with Crippen LogP contribution in [0.2, 0.25) is 0 Å². The molecule has 0 aliphatic carbocycles. The third-order valence-electron chi connectivity index (χ3n) is 3.90. The van der Waals surface area contributed by atoms with Gasteiger partial charge in [-0.05, 0) is 29.7 Å². The van der Waals surface area contributed by atoms with Crippen LogP contribution in [0.3, 0.4) is 0 Å². The van der Waals surface area contributed by atoms with E-state index in [1.54, 1.807) is 6.07 Å². The van der Waals surface area contributed by atoms with E-state index in [1.807, 2.05) is 18.2 Å². The van der Waals surface area contributed by atoms with Crippen molar-refractivity contribution in [2.75, 3.05) is 0 Å². The Morgan fingerprint density at radius 1 is 1.20 bits per heavy atom. The Labute approximate surface area is 118 Å².